The number of imide groups is 2. The Hall–Kier alpha value is -4.07. The molecule has 2 N–H and O–H groups in total. The molecule has 188 valence electrons. The largest absolute Gasteiger partial charge is 0.372 e. The summed E-state index contributed by atoms with van der Waals surface area (Å²) < 4.78 is 29.0. The number of aromatic nitrogens is 4. The van der Waals surface area contributed by atoms with Crippen LogP contribution in [0.4, 0.5) is 20.8 Å². The monoisotopic (exact) mass is 498 g/mol. The molecule has 0 unspecified atom stereocenters. The molecule has 1 aromatic carbocycles. The van der Waals surface area contributed by atoms with E-state index in [1.807, 2.05) is 6.92 Å². The van der Waals surface area contributed by atoms with Crippen LogP contribution in [0.1, 0.15) is 19.4 Å². The zero-order chi connectivity index (χ0) is 25.5. The molecular formula is C22H23FN8O5. The smallest absolute Gasteiger partial charge is 0.328 e. The van der Waals surface area contributed by atoms with Crippen LogP contribution in [0.25, 0.3) is 16.8 Å². The third-order valence-corrected chi connectivity index (χ3v) is 7.08. The van der Waals surface area contributed by atoms with Crippen molar-refractivity contribution in [2.24, 2.45) is 5.41 Å². The van der Waals surface area contributed by atoms with Gasteiger partial charge in [0.25, 0.3) is 0 Å². The highest BCUT2D eigenvalue weighted by atomic mass is 19.1. The zero-order valence-corrected chi connectivity index (χ0v) is 19.9. The second-order valence-corrected chi connectivity index (χ2v) is 9.58. The van der Waals surface area contributed by atoms with Crippen molar-refractivity contribution in [3.63, 3.8) is 0 Å². The van der Waals surface area contributed by atoms with E-state index in [-0.39, 0.29) is 36.2 Å². The summed E-state index contributed by atoms with van der Waals surface area (Å²) in [6.45, 7) is 3.78. The lowest BCUT2D eigenvalue weighted by atomic mass is 9.66. The van der Waals surface area contributed by atoms with Gasteiger partial charge in [0.05, 0.1) is 29.3 Å². The van der Waals surface area contributed by atoms with Gasteiger partial charge in [-0.25, -0.2) is 9.18 Å². The van der Waals surface area contributed by atoms with Crippen molar-refractivity contribution in [3.8, 4) is 5.82 Å². The molecule has 3 aromatic rings. The van der Waals surface area contributed by atoms with Crippen LogP contribution in [-0.2, 0) is 20.7 Å². The number of morpholine rings is 1. The maximum absolute atomic E-state index is 16.2. The van der Waals surface area contributed by atoms with E-state index in [4.69, 9.17) is 9.26 Å². The number of nitrogens with zero attached hydrogens (tertiary/aromatic N) is 6. The number of hydrogen-bond donors (Lipinski definition) is 2. The topological polar surface area (TPSA) is 148 Å². The second kappa shape index (κ2) is 7.46. The average Bonchev–Trinajstić information content (AvgIpc) is 3.43. The lowest BCUT2D eigenvalue weighted by molar-refractivity contribution is -0.153. The molecule has 14 heteroatoms. The minimum absolute atomic E-state index is 0.0850. The first-order valence-corrected chi connectivity index (χ1v) is 11.4. The summed E-state index contributed by atoms with van der Waals surface area (Å²) in [4.78, 5) is 46.1. The van der Waals surface area contributed by atoms with E-state index in [0.29, 0.717) is 16.9 Å². The summed E-state index contributed by atoms with van der Waals surface area (Å²) in [5.41, 5.74) is -1.20. The van der Waals surface area contributed by atoms with Gasteiger partial charge in [-0.2, -0.15) is 14.8 Å². The van der Waals surface area contributed by atoms with E-state index in [9.17, 15) is 14.4 Å². The number of urea groups is 1. The van der Waals surface area contributed by atoms with Crippen LogP contribution in [-0.4, -0.2) is 76.7 Å². The SMILES string of the molecule is C[C@@H]1CN2c3c(cc4c(-n5ncnc5N(C)C)noc4c3F)CC3(C(=O)NC(=O)NC3=O)[C@H]2[C@H](C)O1. The highest BCUT2D eigenvalue weighted by molar-refractivity contribution is 6.20. The number of amides is 4. The van der Waals surface area contributed by atoms with E-state index in [1.165, 1.54) is 11.0 Å². The fourth-order valence-corrected chi connectivity index (χ4v) is 5.78. The van der Waals surface area contributed by atoms with E-state index < -0.39 is 41.2 Å². The molecule has 2 aromatic heterocycles. The fourth-order valence-electron chi connectivity index (χ4n) is 5.78. The summed E-state index contributed by atoms with van der Waals surface area (Å²) in [7, 11) is 3.55. The molecule has 2 saturated heterocycles. The van der Waals surface area contributed by atoms with Crippen molar-refractivity contribution in [3.05, 3.63) is 23.8 Å². The molecule has 2 fully saturated rings. The number of carbonyl (C=O) groups is 3. The second-order valence-electron chi connectivity index (χ2n) is 9.58. The maximum atomic E-state index is 16.2. The molecule has 36 heavy (non-hydrogen) atoms. The Morgan fingerprint density at radius 2 is 1.92 bits per heavy atom. The predicted octanol–water partition coefficient (Wildman–Crippen LogP) is 0.504. The summed E-state index contributed by atoms with van der Waals surface area (Å²) in [6.07, 6.45) is 0.249. The van der Waals surface area contributed by atoms with E-state index in [1.54, 1.807) is 36.9 Å². The number of benzene rings is 1. The van der Waals surface area contributed by atoms with Gasteiger partial charge >= 0.3 is 6.03 Å². The van der Waals surface area contributed by atoms with Gasteiger partial charge in [0.15, 0.2) is 11.2 Å². The summed E-state index contributed by atoms with van der Waals surface area (Å²) >= 11 is 0. The number of nitrogens with one attached hydrogen (secondary N) is 2. The molecule has 3 aliphatic rings. The zero-order valence-electron chi connectivity index (χ0n) is 19.9. The first-order valence-electron chi connectivity index (χ1n) is 11.4. The van der Waals surface area contributed by atoms with Crippen LogP contribution in [0.15, 0.2) is 16.9 Å². The van der Waals surface area contributed by atoms with Gasteiger partial charge in [-0.05, 0) is 25.5 Å². The van der Waals surface area contributed by atoms with Crippen molar-refractivity contribution in [1.29, 1.82) is 0 Å². The van der Waals surface area contributed by atoms with Gasteiger partial charge in [-0.3, -0.25) is 20.2 Å². The Bertz CT molecular complexity index is 1430. The number of hydrogen-bond acceptors (Lipinski definition) is 10. The van der Waals surface area contributed by atoms with Crippen LogP contribution >= 0.6 is 0 Å². The molecule has 0 aliphatic carbocycles. The summed E-state index contributed by atoms with van der Waals surface area (Å²) in [5, 5.41) is 13.0. The Balaban J connectivity index is 1.60. The number of carbonyl (C=O) groups excluding carboxylic acids is 3. The first kappa shape index (κ1) is 22.4. The van der Waals surface area contributed by atoms with Gasteiger partial charge in [-0.1, -0.05) is 5.16 Å². The molecule has 5 heterocycles. The number of barbiturate groups is 1. The quantitative estimate of drug-likeness (QED) is 0.479. The maximum Gasteiger partial charge on any atom is 0.328 e. The Morgan fingerprint density at radius 3 is 2.61 bits per heavy atom. The van der Waals surface area contributed by atoms with Crippen LogP contribution in [0.5, 0.6) is 0 Å². The molecule has 4 amide bonds. The Kier molecular flexibility index (Phi) is 4.64. The molecule has 0 radical (unpaired) electrons. The highest BCUT2D eigenvalue weighted by Gasteiger charge is 2.63. The van der Waals surface area contributed by atoms with Gasteiger partial charge in [0, 0.05) is 27.1 Å². The van der Waals surface area contributed by atoms with Crippen molar-refractivity contribution < 1.29 is 28.0 Å². The third-order valence-electron chi connectivity index (χ3n) is 7.08. The van der Waals surface area contributed by atoms with Crippen molar-refractivity contribution in [1.82, 2.24) is 30.6 Å². The number of anilines is 2. The molecule has 3 aliphatic heterocycles. The van der Waals surface area contributed by atoms with Crippen molar-refractivity contribution in [2.45, 2.75) is 38.5 Å². The molecule has 0 saturated carbocycles. The molecule has 1 spiro atoms. The predicted molar refractivity (Wildman–Crippen MR) is 122 cm³/mol. The highest BCUT2D eigenvalue weighted by Crippen LogP contribution is 2.49. The summed E-state index contributed by atoms with van der Waals surface area (Å²) in [6, 6.07) is -0.101. The normalized spacial score (nSPS) is 25.0. The minimum atomic E-state index is -1.72. The minimum Gasteiger partial charge on any atom is -0.372 e. The van der Waals surface area contributed by atoms with Crippen molar-refractivity contribution in [2.75, 3.05) is 30.4 Å². The van der Waals surface area contributed by atoms with Gasteiger partial charge in [-0.15, -0.1) is 0 Å². The number of fused-ring (bicyclic) bond motifs is 5. The van der Waals surface area contributed by atoms with Crippen LogP contribution in [0.3, 0.4) is 0 Å². The lowest BCUT2D eigenvalue weighted by Crippen LogP contribution is -2.75. The van der Waals surface area contributed by atoms with Crippen LogP contribution < -0.4 is 20.4 Å². The number of halogens is 1. The fraction of sp³-hybridized carbons (Fsp3) is 0.455. The molecule has 13 nitrogen and oxygen atoms in total. The third kappa shape index (κ3) is 2.84. The Morgan fingerprint density at radius 1 is 1.19 bits per heavy atom. The van der Waals surface area contributed by atoms with E-state index >= 15 is 4.39 Å². The molecule has 0 bridgehead atoms. The van der Waals surface area contributed by atoms with Gasteiger partial charge in [0.1, 0.15) is 6.33 Å². The van der Waals surface area contributed by atoms with E-state index in [0.717, 1.165) is 0 Å². The first-order chi connectivity index (χ1) is 17.1. The Labute approximate surface area is 203 Å². The average molecular weight is 498 g/mol. The van der Waals surface area contributed by atoms with Gasteiger partial charge in [0.2, 0.25) is 29.2 Å². The van der Waals surface area contributed by atoms with E-state index in [2.05, 4.69) is 25.9 Å². The summed E-state index contributed by atoms with van der Waals surface area (Å²) in [5.74, 6) is -1.51. The van der Waals surface area contributed by atoms with Crippen LogP contribution in [0.2, 0.25) is 0 Å². The lowest BCUT2D eigenvalue weighted by Gasteiger charge is -2.55. The van der Waals surface area contributed by atoms with Gasteiger partial charge < -0.3 is 19.1 Å². The number of ether oxygens (including phenoxy) is 1. The molecule has 3 atom stereocenters. The molecule has 6 rings (SSSR count). The van der Waals surface area contributed by atoms with Crippen molar-refractivity contribution >= 4 is 40.5 Å². The molecular weight excluding hydrogens is 475 g/mol. The van der Waals surface area contributed by atoms with Crippen LogP contribution in [0, 0.1) is 11.2 Å². The number of rotatable bonds is 2. The standard InChI is InChI=1S/C22H23FN8O5/c1-9-7-30-14-11(6-22(16(30)10(2)35-9)18(32)26-20(34)27-19(22)33)5-12-15(13(14)23)36-28-17(12)31-21(29(3)4)24-8-25-31/h5,8-10,16H,6-7H2,1-4H3,(H2,26,27,32,33,34)/t9-,10+,16-/m1/s1.